The van der Waals surface area contributed by atoms with Crippen LogP contribution < -0.4 is 10.2 Å². The molecule has 1 saturated heterocycles. The van der Waals surface area contributed by atoms with Gasteiger partial charge in [-0.1, -0.05) is 19.9 Å². The minimum absolute atomic E-state index is 0.0180. The van der Waals surface area contributed by atoms with E-state index in [9.17, 15) is 5.11 Å². The maximum Gasteiger partial charge on any atom is 0.200 e. The van der Waals surface area contributed by atoms with Crippen molar-refractivity contribution in [3.05, 3.63) is 30.6 Å². The fraction of sp³-hybridized carbons (Fsp3) is 0.474. The fourth-order valence-corrected chi connectivity index (χ4v) is 3.42. The molecular weight excluding hydrogens is 342 g/mol. The molecule has 0 amide bonds. The summed E-state index contributed by atoms with van der Waals surface area (Å²) in [6, 6.07) is 5.91. The zero-order chi connectivity index (χ0) is 19.0. The summed E-state index contributed by atoms with van der Waals surface area (Å²) in [7, 11) is 0. The van der Waals surface area contributed by atoms with Gasteiger partial charge < -0.3 is 15.3 Å². The third kappa shape index (κ3) is 3.26. The van der Waals surface area contributed by atoms with Crippen molar-refractivity contribution in [2.75, 3.05) is 24.5 Å². The molecule has 0 saturated carbocycles. The number of anilines is 1. The van der Waals surface area contributed by atoms with E-state index in [1.807, 2.05) is 39.0 Å². The van der Waals surface area contributed by atoms with E-state index < -0.39 is 5.60 Å². The van der Waals surface area contributed by atoms with Crippen molar-refractivity contribution in [3.8, 4) is 11.4 Å². The molecule has 8 nitrogen and oxygen atoms in total. The quantitative estimate of drug-likeness (QED) is 0.643. The first kappa shape index (κ1) is 17.8. The molecule has 4 rings (SSSR count). The number of hydrogen-bond donors (Lipinski definition) is 3. The van der Waals surface area contributed by atoms with Crippen LogP contribution in [0.2, 0.25) is 0 Å². The van der Waals surface area contributed by atoms with E-state index in [1.165, 1.54) is 0 Å². The van der Waals surface area contributed by atoms with Crippen LogP contribution in [-0.2, 0) is 0 Å². The largest absolute Gasteiger partial charge is 0.388 e. The SMILES string of the molecule is CC(C)[C@@](C)(O)[C@@H]1CN(c2cccc(-c3[nH]nc4nccnc34)n2)CCN1. The Balaban J connectivity index is 1.63. The Kier molecular flexibility index (Phi) is 4.53. The number of fused-ring (bicyclic) bond motifs is 1. The van der Waals surface area contributed by atoms with Crippen molar-refractivity contribution < 1.29 is 5.11 Å². The van der Waals surface area contributed by atoms with Crippen molar-refractivity contribution in [2.45, 2.75) is 32.4 Å². The topological polar surface area (TPSA) is 103 Å². The first-order chi connectivity index (χ1) is 13.0. The summed E-state index contributed by atoms with van der Waals surface area (Å²) in [5, 5.41) is 21.5. The number of aliphatic hydroxyl groups is 1. The van der Waals surface area contributed by atoms with Gasteiger partial charge in [0.05, 0.1) is 17.3 Å². The van der Waals surface area contributed by atoms with Crippen molar-refractivity contribution in [3.63, 3.8) is 0 Å². The van der Waals surface area contributed by atoms with Gasteiger partial charge in [0.25, 0.3) is 0 Å². The molecule has 3 N–H and O–H groups in total. The van der Waals surface area contributed by atoms with Crippen molar-refractivity contribution >= 4 is 17.0 Å². The molecule has 1 aliphatic heterocycles. The maximum absolute atomic E-state index is 10.9. The summed E-state index contributed by atoms with van der Waals surface area (Å²) < 4.78 is 0. The second-order valence-corrected chi connectivity index (χ2v) is 7.54. The number of aromatic amines is 1. The van der Waals surface area contributed by atoms with E-state index in [2.05, 4.69) is 30.4 Å². The van der Waals surface area contributed by atoms with Gasteiger partial charge in [-0.05, 0) is 25.0 Å². The van der Waals surface area contributed by atoms with Crippen molar-refractivity contribution in [1.82, 2.24) is 30.5 Å². The Morgan fingerprint density at radius 3 is 2.89 bits per heavy atom. The van der Waals surface area contributed by atoms with Gasteiger partial charge >= 0.3 is 0 Å². The summed E-state index contributed by atoms with van der Waals surface area (Å²) >= 11 is 0. The number of nitrogens with zero attached hydrogens (tertiary/aromatic N) is 5. The number of H-pyrrole nitrogens is 1. The van der Waals surface area contributed by atoms with E-state index >= 15 is 0 Å². The monoisotopic (exact) mass is 367 g/mol. The molecule has 0 aromatic carbocycles. The lowest BCUT2D eigenvalue weighted by molar-refractivity contribution is -0.0231. The number of rotatable bonds is 4. The smallest absolute Gasteiger partial charge is 0.200 e. The predicted molar refractivity (Wildman–Crippen MR) is 104 cm³/mol. The van der Waals surface area contributed by atoms with Crippen LogP contribution in [0.15, 0.2) is 30.6 Å². The van der Waals surface area contributed by atoms with Gasteiger partial charge in [0, 0.05) is 32.0 Å². The van der Waals surface area contributed by atoms with E-state index in [0.717, 1.165) is 30.3 Å². The molecule has 0 aliphatic carbocycles. The highest BCUT2D eigenvalue weighted by atomic mass is 16.3. The molecule has 3 aromatic heterocycles. The minimum atomic E-state index is -0.786. The van der Waals surface area contributed by atoms with Crippen molar-refractivity contribution in [2.24, 2.45) is 5.92 Å². The molecular formula is C19H25N7O. The molecule has 1 fully saturated rings. The standard InChI is InChI=1S/C19H25N7O/c1-12(2)19(3,27)14-11-26(10-9-20-14)15-6-4-5-13(23-15)16-17-18(25-24-16)22-8-7-21-17/h4-8,12,14,20,27H,9-11H2,1-3H3,(H,22,24,25)/t14-,19+/m0/s1. The van der Waals surface area contributed by atoms with Gasteiger partial charge in [0.15, 0.2) is 5.65 Å². The highest BCUT2D eigenvalue weighted by Crippen LogP contribution is 2.27. The van der Waals surface area contributed by atoms with Gasteiger partial charge in [0.2, 0.25) is 0 Å². The first-order valence-electron chi connectivity index (χ1n) is 9.30. The summed E-state index contributed by atoms with van der Waals surface area (Å²) in [5.41, 5.74) is 2.05. The fourth-order valence-electron chi connectivity index (χ4n) is 3.42. The Hall–Kier alpha value is -2.58. The Labute approximate surface area is 158 Å². The zero-order valence-corrected chi connectivity index (χ0v) is 15.8. The number of pyridine rings is 1. The van der Waals surface area contributed by atoms with Crippen molar-refractivity contribution in [1.29, 1.82) is 0 Å². The van der Waals surface area contributed by atoms with Crippen LogP contribution in [-0.4, -0.2) is 61.5 Å². The molecule has 0 spiro atoms. The van der Waals surface area contributed by atoms with Crippen LogP contribution in [0.3, 0.4) is 0 Å². The van der Waals surface area contributed by atoms with Gasteiger partial charge in [-0.25, -0.2) is 15.0 Å². The summed E-state index contributed by atoms with van der Waals surface area (Å²) in [5.74, 6) is 1.04. The Morgan fingerprint density at radius 2 is 2.07 bits per heavy atom. The van der Waals surface area contributed by atoms with Gasteiger partial charge in [-0.15, -0.1) is 0 Å². The molecule has 0 radical (unpaired) electrons. The molecule has 8 heteroatoms. The van der Waals surface area contributed by atoms with Crippen LogP contribution in [0.4, 0.5) is 5.82 Å². The third-order valence-corrected chi connectivity index (χ3v) is 5.55. The lowest BCUT2D eigenvalue weighted by atomic mass is 9.84. The molecule has 3 aromatic rings. The van der Waals surface area contributed by atoms with Crippen LogP contribution in [0.25, 0.3) is 22.6 Å². The molecule has 1 aliphatic rings. The second-order valence-electron chi connectivity index (χ2n) is 7.54. The molecule has 0 unspecified atom stereocenters. The summed E-state index contributed by atoms with van der Waals surface area (Å²) in [4.78, 5) is 15.6. The number of hydrogen-bond acceptors (Lipinski definition) is 7. The summed E-state index contributed by atoms with van der Waals surface area (Å²) in [6.45, 7) is 8.33. The van der Waals surface area contributed by atoms with E-state index in [1.54, 1.807) is 12.4 Å². The third-order valence-electron chi connectivity index (χ3n) is 5.55. The second kappa shape index (κ2) is 6.86. The summed E-state index contributed by atoms with van der Waals surface area (Å²) in [6.07, 6.45) is 3.28. The van der Waals surface area contributed by atoms with E-state index in [0.29, 0.717) is 17.7 Å². The average Bonchev–Trinajstić information content (AvgIpc) is 3.12. The molecule has 4 heterocycles. The highest BCUT2D eigenvalue weighted by molar-refractivity contribution is 5.85. The van der Waals surface area contributed by atoms with Gasteiger partial charge in [-0.2, -0.15) is 5.10 Å². The lowest BCUT2D eigenvalue weighted by Gasteiger charge is -2.43. The molecule has 2 atom stereocenters. The van der Waals surface area contributed by atoms with E-state index in [-0.39, 0.29) is 12.0 Å². The minimum Gasteiger partial charge on any atom is -0.388 e. The van der Waals surface area contributed by atoms with Gasteiger partial charge in [-0.3, -0.25) is 5.10 Å². The lowest BCUT2D eigenvalue weighted by Crippen LogP contribution is -2.62. The zero-order valence-electron chi connectivity index (χ0n) is 15.8. The molecule has 0 bridgehead atoms. The highest BCUT2D eigenvalue weighted by Gasteiger charge is 2.37. The Bertz CT molecular complexity index is 936. The van der Waals surface area contributed by atoms with Crippen LogP contribution in [0, 0.1) is 5.92 Å². The van der Waals surface area contributed by atoms with Crippen LogP contribution in [0.1, 0.15) is 20.8 Å². The molecule has 142 valence electrons. The van der Waals surface area contributed by atoms with Crippen LogP contribution >= 0.6 is 0 Å². The van der Waals surface area contributed by atoms with E-state index in [4.69, 9.17) is 4.98 Å². The maximum atomic E-state index is 10.9. The predicted octanol–water partition coefficient (Wildman–Crippen LogP) is 1.60. The number of piperazine rings is 1. The first-order valence-corrected chi connectivity index (χ1v) is 9.30. The van der Waals surface area contributed by atoms with Crippen LogP contribution in [0.5, 0.6) is 0 Å². The van der Waals surface area contributed by atoms with Gasteiger partial charge in [0.1, 0.15) is 17.0 Å². The Morgan fingerprint density at radius 1 is 1.26 bits per heavy atom. The average molecular weight is 367 g/mol. The molecule has 27 heavy (non-hydrogen) atoms. The number of nitrogens with one attached hydrogen (secondary N) is 2. The number of aromatic nitrogens is 5. The normalized spacial score (nSPS) is 20.2.